The van der Waals surface area contributed by atoms with Gasteiger partial charge in [-0.2, -0.15) is 0 Å². The second kappa shape index (κ2) is 10.0. The molecule has 0 spiro atoms. The molecule has 0 aromatic heterocycles. The van der Waals surface area contributed by atoms with Crippen LogP contribution in [0.5, 0.6) is 0 Å². The van der Waals surface area contributed by atoms with Crippen LogP contribution in [0.4, 0.5) is 0 Å². The third kappa shape index (κ3) is 4.56. The van der Waals surface area contributed by atoms with E-state index in [1.165, 1.54) is 31.8 Å². The topological polar surface area (TPSA) is 3.01 Å². The highest BCUT2D eigenvalue weighted by molar-refractivity contribution is 4.97. The summed E-state index contributed by atoms with van der Waals surface area (Å²) in [5, 5.41) is 0. The van der Waals surface area contributed by atoms with Crippen molar-refractivity contribution < 1.29 is 0 Å². The van der Waals surface area contributed by atoms with Crippen LogP contribution < -0.4 is 0 Å². The Labute approximate surface area is 211 Å². The fourth-order valence-electron chi connectivity index (χ4n) is 11.2. The maximum Gasteiger partial charge on any atom is 0.0127 e. The summed E-state index contributed by atoms with van der Waals surface area (Å²) < 4.78 is 0. The lowest BCUT2D eigenvalue weighted by molar-refractivity contribution is -0.0116. The van der Waals surface area contributed by atoms with Crippen molar-refractivity contribution >= 4 is 0 Å². The molecule has 0 aromatic rings. The standard InChI is InChI=1S/C33H55N/c1-4-26(5-1)30-18-19-31(30)29-7-2-6-28(22-29)25-12-10-23(11-13-25)24-14-16-27(17-15-24)32-8-3-9-33(32)34-20-21-34/h23-33H,1-22H2. The summed E-state index contributed by atoms with van der Waals surface area (Å²) in [6.45, 7) is 2.84. The van der Waals surface area contributed by atoms with Crippen molar-refractivity contribution in [1.82, 2.24) is 4.90 Å². The lowest BCUT2D eigenvalue weighted by Gasteiger charge is -2.51. The maximum atomic E-state index is 2.80. The predicted molar refractivity (Wildman–Crippen MR) is 143 cm³/mol. The summed E-state index contributed by atoms with van der Waals surface area (Å²) in [7, 11) is 0. The molecule has 0 bridgehead atoms. The van der Waals surface area contributed by atoms with Gasteiger partial charge in [-0.1, -0.05) is 44.9 Å². The Balaban J connectivity index is 0.866. The minimum atomic E-state index is 1.00. The highest BCUT2D eigenvalue weighted by Gasteiger charge is 2.46. The van der Waals surface area contributed by atoms with Crippen LogP contribution in [-0.4, -0.2) is 24.0 Å². The molecule has 6 atom stereocenters. The lowest BCUT2D eigenvalue weighted by atomic mass is 9.54. The molecule has 0 radical (unpaired) electrons. The van der Waals surface area contributed by atoms with Gasteiger partial charge in [-0.05, 0) is 143 Å². The van der Waals surface area contributed by atoms with Crippen molar-refractivity contribution in [3.8, 4) is 0 Å². The Hall–Kier alpha value is -0.0400. The zero-order valence-corrected chi connectivity index (χ0v) is 22.4. The molecule has 0 aromatic carbocycles. The smallest absolute Gasteiger partial charge is 0.0127 e. The Morgan fingerprint density at radius 2 is 0.794 bits per heavy atom. The molecule has 1 nitrogen and oxygen atoms in total. The summed E-state index contributed by atoms with van der Waals surface area (Å²) in [4.78, 5) is 2.80. The largest absolute Gasteiger partial charge is 0.298 e. The highest BCUT2D eigenvalue weighted by Crippen LogP contribution is 2.55. The third-order valence-corrected chi connectivity index (χ3v) is 13.6. The molecular formula is C33H55N. The minimum absolute atomic E-state index is 1.00. The first-order chi connectivity index (χ1) is 16.8. The zero-order chi connectivity index (χ0) is 22.5. The van der Waals surface area contributed by atoms with Gasteiger partial charge in [0.1, 0.15) is 0 Å². The molecule has 1 saturated heterocycles. The van der Waals surface area contributed by atoms with Crippen LogP contribution in [0.1, 0.15) is 128 Å². The first-order valence-electron chi connectivity index (χ1n) is 16.6. The van der Waals surface area contributed by atoms with Gasteiger partial charge in [0.05, 0.1) is 0 Å². The van der Waals surface area contributed by atoms with Crippen molar-refractivity contribution in [2.45, 2.75) is 134 Å². The quantitative estimate of drug-likeness (QED) is 0.354. The van der Waals surface area contributed by atoms with Crippen LogP contribution in [0.2, 0.25) is 0 Å². The monoisotopic (exact) mass is 465 g/mol. The van der Waals surface area contributed by atoms with Crippen molar-refractivity contribution in [3.05, 3.63) is 0 Å². The SMILES string of the molecule is C1CC(C2CCC2C2CCCC(C3CCC(C4CCC(C5CCCC5N5CC5)CC4)CC3)C2)C1. The first-order valence-corrected chi connectivity index (χ1v) is 16.6. The number of hydrogen-bond acceptors (Lipinski definition) is 1. The molecule has 1 heterocycles. The van der Waals surface area contributed by atoms with Crippen molar-refractivity contribution in [1.29, 1.82) is 0 Å². The molecule has 7 aliphatic rings. The Kier molecular flexibility index (Phi) is 6.81. The molecule has 7 fully saturated rings. The normalized spacial score (nSPS) is 50.5. The van der Waals surface area contributed by atoms with Gasteiger partial charge in [0.25, 0.3) is 0 Å². The second-order valence-electron chi connectivity index (χ2n) is 14.8. The average Bonchev–Trinajstić information content (AvgIpc) is 3.57. The van der Waals surface area contributed by atoms with Gasteiger partial charge in [0.2, 0.25) is 0 Å². The van der Waals surface area contributed by atoms with Crippen molar-refractivity contribution in [3.63, 3.8) is 0 Å². The van der Waals surface area contributed by atoms with E-state index < -0.39 is 0 Å². The highest BCUT2D eigenvalue weighted by atomic mass is 15.3. The molecule has 6 unspecified atom stereocenters. The minimum Gasteiger partial charge on any atom is -0.298 e. The lowest BCUT2D eigenvalue weighted by Crippen LogP contribution is -2.42. The van der Waals surface area contributed by atoms with E-state index in [1.807, 2.05) is 0 Å². The van der Waals surface area contributed by atoms with Gasteiger partial charge in [-0.25, -0.2) is 0 Å². The van der Waals surface area contributed by atoms with Crippen molar-refractivity contribution in [2.75, 3.05) is 13.1 Å². The molecule has 7 rings (SSSR count). The summed E-state index contributed by atoms with van der Waals surface area (Å²) in [5.74, 6) is 11.3. The summed E-state index contributed by atoms with van der Waals surface area (Å²) in [5.41, 5.74) is 0. The Bertz CT molecular complexity index is 662. The zero-order valence-electron chi connectivity index (χ0n) is 22.4. The van der Waals surface area contributed by atoms with Gasteiger partial charge in [-0.15, -0.1) is 0 Å². The summed E-state index contributed by atoms with van der Waals surface area (Å²) in [6, 6.07) is 1.00. The van der Waals surface area contributed by atoms with Crippen LogP contribution in [0.15, 0.2) is 0 Å². The van der Waals surface area contributed by atoms with Crippen molar-refractivity contribution in [2.24, 2.45) is 59.2 Å². The van der Waals surface area contributed by atoms with E-state index in [2.05, 4.69) is 4.90 Å². The first kappa shape index (κ1) is 23.1. The number of nitrogens with zero attached hydrogens (tertiary/aromatic N) is 1. The van der Waals surface area contributed by atoms with E-state index in [4.69, 9.17) is 0 Å². The second-order valence-corrected chi connectivity index (χ2v) is 14.8. The average molecular weight is 466 g/mol. The maximum absolute atomic E-state index is 2.80. The molecule has 0 N–H and O–H groups in total. The van der Waals surface area contributed by atoms with E-state index in [-0.39, 0.29) is 0 Å². The Morgan fingerprint density at radius 1 is 0.324 bits per heavy atom. The molecule has 1 heteroatoms. The fourth-order valence-corrected chi connectivity index (χ4v) is 11.2. The van der Waals surface area contributed by atoms with Crippen LogP contribution in [0.3, 0.4) is 0 Å². The predicted octanol–water partition coefficient (Wildman–Crippen LogP) is 8.72. The fraction of sp³-hybridized carbons (Fsp3) is 1.00. The van der Waals surface area contributed by atoms with Crippen LogP contribution in [0, 0.1) is 59.2 Å². The van der Waals surface area contributed by atoms with Gasteiger partial charge in [0.15, 0.2) is 0 Å². The van der Waals surface area contributed by atoms with E-state index in [9.17, 15) is 0 Å². The summed E-state index contributed by atoms with van der Waals surface area (Å²) >= 11 is 0. The third-order valence-electron chi connectivity index (χ3n) is 13.6. The van der Waals surface area contributed by atoms with Gasteiger partial charge in [0, 0.05) is 19.1 Å². The molecule has 0 amide bonds. The van der Waals surface area contributed by atoms with Crippen LogP contribution in [-0.2, 0) is 0 Å². The molecule has 6 saturated carbocycles. The number of rotatable bonds is 6. The van der Waals surface area contributed by atoms with Gasteiger partial charge < -0.3 is 0 Å². The van der Waals surface area contributed by atoms with E-state index in [0.29, 0.717) is 0 Å². The molecule has 6 aliphatic carbocycles. The molecular weight excluding hydrogens is 410 g/mol. The van der Waals surface area contributed by atoms with Gasteiger partial charge in [-0.3, -0.25) is 4.90 Å². The van der Waals surface area contributed by atoms with Crippen LogP contribution >= 0.6 is 0 Å². The van der Waals surface area contributed by atoms with E-state index >= 15 is 0 Å². The van der Waals surface area contributed by atoms with Gasteiger partial charge >= 0.3 is 0 Å². The molecule has 1 aliphatic heterocycles. The molecule has 34 heavy (non-hydrogen) atoms. The number of hydrogen-bond donors (Lipinski definition) is 0. The molecule has 192 valence electrons. The van der Waals surface area contributed by atoms with E-state index in [1.54, 1.807) is 116 Å². The van der Waals surface area contributed by atoms with Crippen LogP contribution in [0.25, 0.3) is 0 Å². The Morgan fingerprint density at radius 3 is 1.38 bits per heavy atom. The summed E-state index contributed by atoms with van der Waals surface area (Å²) in [6.07, 6.45) is 31.8. The van der Waals surface area contributed by atoms with E-state index in [0.717, 1.165) is 59.3 Å².